The van der Waals surface area contributed by atoms with Crippen LogP contribution in [0.3, 0.4) is 0 Å². The minimum atomic E-state index is 0.410. The van der Waals surface area contributed by atoms with E-state index in [4.69, 9.17) is 4.52 Å². The molecule has 0 amide bonds. The van der Waals surface area contributed by atoms with E-state index in [0.717, 1.165) is 30.0 Å². The Balaban J connectivity index is 1.66. The van der Waals surface area contributed by atoms with Gasteiger partial charge in [0.05, 0.1) is 0 Å². The summed E-state index contributed by atoms with van der Waals surface area (Å²) in [5.74, 6) is 4.66. The fourth-order valence-electron chi connectivity index (χ4n) is 3.92. The molecule has 4 nitrogen and oxygen atoms in total. The molecule has 1 aromatic heterocycles. The summed E-state index contributed by atoms with van der Waals surface area (Å²) in [4.78, 5) is 4.66. The lowest BCUT2D eigenvalue weighted by Crippen LogP contribution is -2.32. The Morgan fingerprint density at radius 3 is 2.74 bits per heavy atom. The molecule has 2 saturated carbocycles. The highest BCUT2D eigenvalue weighted by atomic mass is 16.5. The zero-order valence-electron chi connectivity index (χ0n) is 12.2. The van der Waals surface area contributed by atoms with Gasteiger partial charge in [-0.2, -0.15) is 4.98 Å². The van der Waals surface area contributed by atoms with Crippen LogP contribution in [0.15, 0.2) is 4.52 Å². The zero-order valence-corrected chi connectivity index (χ0v) is 12.2. The summed E-state index contributed by atoms with van der Waals surface area (Å²) in [5.41, 5.74) is 0. The molecule has 106 valence electrons. The lowest BCUT2D eigenvalue weighted by Gasteiger charge is -2.18. The van der Waals surface area contributed by atoms with E-state index < -0.39 is 0 Å². The van der Waals surface area contributed by atoms with Crippen LogP contribution in [0.4, 0.5) is 0 Å². The maximum atomic E-state index is 5.47. The second-order valence-corrected chi connectivity index (χ2v) is 6.67. The molecule has 2 aliphatic rings. The van der Waals surface area contributed by atoms with Gasteiger partial charge in [-0.05, 0) is 44.1 Å². The third-order valence-corrected chi connectivity index (χ3v) is 5.12. The zero-order chi connectivity index (χ0) is 13.4. The molecule has 4 atom stereocenters. The summed E-state index contributed by atoms with van der Waals surface area (Å²) in [6.45, 7) is 4.43. The monoisotopic (exact) mass is 263 g/mol. The number of fused-ring (bicyclic) bond motifs is 2. The van der Waals surface area contributed by atoms with Crippen LogP contribution in [0.1, 0.15) is 57.2 Å². The van der Waals surface area contributed by atoms with Crippen molar-refractivity contribution in [1.82, 2.24) is 15.5 Å². The average molecular weight is 263 g/mol. The third-order valence-electron chi connectivity index (χ3n) is 5.12. The molecule has 3 rings (SSSR count). The lowest BCUT2D eigenvalue weighted by molar-refractivity contribution is 0.326. The van der Waals surface area contributed by atoms with E-state index in [-0.39, 0.29) is 0 Å². The van der Waals surface area contributed by atoms with Crippen molar-refractivity contribution in [3.05, 3.63) is 11.7 Å². The van der Waals surface area contributed by atoms with Crippen LogP contribution in [0.2, 0.25) is 0 Å². The number of nitrogens with one attached hydrogen (secondary N) is 1. The van der Waals surface area contributed by atoms with Crippen molar-refractivity contribution in [3.8, 4) is 0 Å². The molecule has 0 radical (unpaired) electrons. The van der Waals surface area contributed by atoms with Crippen LogP contribution >= 0.6 is 0 Å². The number of rotatable bonds is 5. The normalized spacial score (nSPS) is 31.3. The smallest absolute Gasteiger partial charge is 0.228 e. The van der Waals surface area contributed by atoms with E-state index >= 15 is 0 Å². The van der Waals surface area contributed by atoms with Gasteiger partial charge in [0.1, 0.15) is 0 Å². The fraction of sp³-hybridized carbons (Fsp3) is 0.867. The van der Waals surface area contributed by atoms with E-state index in [1.165, 1.54) is 25.7 Å². The summed E-state index contributed by atoms with van der Waals surface area (Å²) in [7, 11) is 2.00. The van der Waals surface area contributed by atoms with Gasteiger partial charge in [-0.25, -0.2) is 0 Å². The van der Waals surface area contributed by atoms with Gasteiger partial charge in [-0.3, -0.25) is 0 Å². The van der Waals surface area contributed by atoms with E-state index in [2.05, 4.69) is 29.3 Å². The van der Waals surface area contributed by atoms with Crippen LogP contribution < -0.4 is 5.32 Å². The van der Waals surface area contributed by atoms with Crippen molar-refractivity contribution in [2.45, 2.75) is 57.9 Å². The molecule has 1 N–H and O–H groups in total. The Hall–Kier alpha value is -0.900. The Morgan fingerprint density at radius 1 is 1.32 bits per heavy atom. The summed E-state index contributed by atoms with van der Waals surface area (Å²) < 4.78 is 5.47. The average Bonchev–Trinajstić information content (AvgIpc) is 3.10. The summed E-state index contributed by atoms with van der Waals surface area (Å²) >= 11 is 0. The second-order valence-electron chi connectivity index (χ2n) is 6.67. The number of hydrogen-bond donors (Lipinski definition) is 1. The molecule has 0 saturated heterocycles. The molecule has 2 bridgehead atoms. The van der Waals surface area contributed by atoms with Crippen molar-refractivity contribution in [2.24, 2.45) is 17.8 Å². The van der Waals surface area contributed by atoms with Gasteiger partial charge in [0.2, 0.25) is 5.89 Å². The molecule has 1 heterocycles. The number of nitrogens with zero attached hydrogens (tertiary/aromatic N) is 2. The molecule has 4 heteroatoms. The third kappa shape index (κ3) is 2.55. The van der Waals surface area contributed by atoms with Gasteiger partial charge in [0.25, 0.3) is 0 Å². The van der Waals surface area contributed by atoms with Crippen LogP contribution in [0, 0.1) is 17.8 Å². The van der Waals surface area contributed by atoms with Crippen molar-refractivity contribution < 1.29 is 4.52 Å². The highest BCUT2D eigenvalue weighted by molar-refractivity contribution is 5.06. The first-order valence-electron chi connectivity index (χ1n) is 7.67. The lowest BCUT2D eigenvalue weighted by atomic mass is 9.88. The van der Waals surface area contributed by atoms with E-state index in [9.17, 15) is 0 Å². The Labute approximate surface area is 115 Å². The quantitative estimate of drug-likeness (QED) is 0.887. The number of likely N-dealkylation sites (N-methyl/N-ethyl adjacent to an activating group) is 1. The SMILES string of the molecule is CNC(Cc1nc(C2CC3CCC2C3)no1)C(C)C. The molecule has 1 aromatic rings. The van der Waals surface area contributed by atoms with Crippen LogP contribution in [0.5, 0.6) is 0 Å². The molecular weight excluding hydrogens is 238 g/mol. The maximum Gasteiger partial charge on any atom is 0.228 e. The molecule has 2 aliphatic carbocycles. The molecule has 0 aliphatic heterocycles. The predicted molar refractivity (Wildman–Crippen MR) is 73.9 cm³/mol. The maximum absolute atomic E-state index is 5.47. The van der Waals surface area contributed by atoms with Crippen LogP contribution in [0.25, 0.3) is 0 Å². The van der Waals surface area contributed by atoms with E-state index in [1.807, 2.05) is 7.05 Å². The van der Waals surface area contributed by atoms with Crippen molar-refractivity contribution in [1.29, 1.82) is 0 Å². The van der Waals surface area contributed by atoms with E-state index in [0.29, 0.717) is 17.9 Å². The highest BCUT2D eigenvalue weighted by Gasteiger charge is 2.42. The predicted octanol–water partition coefficient (Wildman–Crippen LogP) is 2.76. The van der Waals surface area contributed by atoms with Gasteiger partial charge in [-0.1, -0.05) is 25.4 Å². The minimum absolute atomic E-state index is 0.410. The summed E-state index contributed by atoms with van der Waals surface area (Å²) in [5, 5.41) is 7.58. The molecule has 4 unspecified atom stereocenters. The first-order valence-corrected chi connectivity index (χ1v) is 7.67. The van der Waals surface area contributed by atoms with Crippen LogP contribution in [-0.2, 0) is 6.42 Å². The fourth-order valence-corrected chi connectivity index (χ4v) is 3.92. The second kappa shape index (κ2) is 5.23. The Bertz CT molecular complexity index is 429. The highest BCUT2D eigenvalue weighted by Crippen LogP contribution is 2.52. The minimum Gasteiger partial charge on any atom is -0.339 e. The molecule has 2 fully saturated rings. The summed E-state index contributed by atoms with van der Waals surface area (Å²) in [6.07, 6.45) is 6.29. The Morgan fingerprint density at radius 2 is 2.16 bits per heavy atom. The molecule has 19 heavy (non-hydrogen) atoms. The van der Waals surface area contributed by atoms with Gasteiger partial charge in [-0.15, -0.1) is 0 Å². The first kappa shape index (κ1) is 13.1. The van der Waals surface area contributed by atoms with Crippen molar-refractivity contribution in [2.75, 3.05) is 7.05 Å². The molecule has 0 spiro atoms. The topological polar surface area (TPSA) is 51.0 Å². The van der Waals surface area contributed by atoms with Crippen molar-refractivity contribution >= 4 is 0 Å². The largest absolute Gasteiger partial charge is 0.339 e. The van der Waals surface area contributed by atoms with Crippen LogP contribution in [-0.4, -0.2) is 23.2 Å². The number of hydrogen-bond acceptors (Lipinski definition) is 4. The Kier molecular flexibility index (Phi) is 3.61. The van der Waals surface area contributed by atoms with Gasteiger partial charge >= 0.3 is 0 Å². The number of aromatic nitrogens is 2. The van der Waals surface area contributed by atoms with Crippen molar-refractivity contribution in [3.63, 3.8) is 0 Å². The molecule has 0 aromatic carbocycles. The molecular formula is C15H25N3O. The summed E-state index contributed by atoms with van der Waals surface area (Å²) in [6, 6.07) is 0.410. The standard InChI is InChI=1S/C15H25N3O/c1-9(2)13(16-3)8-14-17-15(18-19-14)12-7-10-4-5-11(12)6-10/h9-13,16H,4-8H2,1-3H3. The van der Waals surface area contributed by atoms with Gasteiger partial charge in [0.15, 0.2) is 5.82 Å². The van der Waals surface area contributed by atoms with Gasteiger partial charge < -0.3 is 9.84 Å². The van der Waals surface area contributed by atoms with E-state index in [1.54, 1.807) is 0 Å². The van der Waals surface area contributed by atoms with Gasteiger partial charge in [0, 0.05) is 18.4 Å². The first-order chi connectivity index (χ1) is 9.17.